The van der Waals surface area contributed by atoms with Crippen LogP contribution in [0.25, 0.3) is 0 Å². The number of para-hydroxylation sites is 2. The van der Waals surface area contributed by atoms with Crippen LogP contribution in [0.5, 0.6) is 17.2 Å². The van der Waals surface area contributed by atoms with Gasteiger partial charge in [-0.15, -0.1) is 0 Å². The molecule has 0 unspecified atom stereocenters. The van der Waals surface area contributed by atoms with E-state index < -0.39 is 0 Å². The SMILES string of the molecule is Cc1cc(Cl)ccc1OCC(=O)NC[C@@H]1COc2ccccc2O1. The second-order valence-electron chi connectivity index (χ2n) is 5.50. The molecule has 1 aliphatic rings. The van der Waals surface area contributed by atoms with E-state index in [0.717, 1.165) is 11.3 Å². The molecule has 24 heavy (non-hydrogen) atoms. The fourth-order valence-corrected chi connectivity index (χ4v) is 2.59. The second kappa shape index (κ2) is 7.45. The lowest BCUT2D eigenvalue weighted by Gasteiger charge is -2.26. The van der Waals surface area contributed by atoms with Crippen LogP contribution in [0, 0.1) is 6.92 Å². The molecule has 1 amide bonds. The number of ether oxygens (including phenoxy) is 3. The van der Waals surface area contributed by atoms with Crippen LogP contribution in [-0.2, 0) is 4.79 Å². The van der Waals surface area contributed by atoms with Crippen molar-refractivity contribution in [2.75, 3.05) is 19.8 Å². The molecule has 3 rings (SSSR count). The zero-order valence-corrected chi connectivity index (χ0v) is 14.0. The topological polar surface area (TPSA) is 56.8 Å². The van der Waals surface area contributed by atoms with E-state index in [9.17, 15) is 4.79 Å². The molecule has 2 aromatic rings. The van der Waals surface area contributed by atoms with Gasteiger partial charge in [-0.3, -0.25) is 4.79 Å². The van der Waals surface area contributed by atoms with Gasteiger partial charge in [0.25, 0.3) is 5.91 Å². The number of nitrogens with one attached hydrogen (secondary N) is 1. The summed E-state index contributed by atoms with van der Waals surface area (Å²) >= 11 is 5.89. The van der Waals surface area contributed by atoms with Crippen LogP contribution in [0.15, 0.2) is 42.5 Å². The number of fused-ring (bicyclic) bond motifs is 1. The molecule has 6 heteroatoms. The fourth-order valence-electron chi connectivity index (χ4n) is 2.36. The Kier molecular flexibility index (Phi) is 5.11. The zero-order valence-electron chi connectivity index (χ0n) is 13.3. The van der Waals surface area contributed by atoms with E-state index >= 15 is 0 Å². The second-order valence-corrected chi connectivity index (χ2v) is 5.94. The largest absolute Gasteiger partial charge is 0.486 e. The summed E-state index contributed by atoms with van der Waals surface area (Å²) in [5.41, 5.74) is 0.885. The highest BCUT2D eigenvalue weighted by molar-refractivity contribution is 6.30. The Morgan fingerprint density at radius 3 is 2.88 bits per heavy atom. The quantitative estimate of drug-likeness (QED) is 0.903. The van der Waals surface area contributed by atoms with Gasteiger partial charge >= 0.3 is 0 Å². The third kappa shape index (κ3) is 4.11. The highest BCUT2D eigenvalue weighted by atomic mass is 35.5. The van der Waals surface area contributed by atoms with Crippen LogP contribution in [0.4, 0.5) is 0 Å². The molecule has 0 aliphatic carbocycles. The molecular weight excluding hydrogens is 330 g/mol. The van der Waals surface area contributed by atoms with E-state index in [4.69, 9.17) is 25.8 Å². The van der Waals surface area contributed by atoms with Crippen LogP contribution in [0.3, 0.4) is 0 Å². The van der Waals surface area contributed by atoms with Crippen molar-refractivity contribution in [3.8, 4) is 17.2 Å². The minimum absolute atomic E-state index is 0.0629. The Labute approximate surface area is 145 Å². The Bertz CT molecular complexity index is 735. The summed E-state index contributed by atoms with van der Waals surface area (Å²) < 4.78 is 16.9. The number of aryl methyl sites for hydroxylation is 1. The van der Waals surface area contributed by atoms with Gasteiger partial charge < -0.3 is 19.5 Å². The van der Waals surface area contributed by atoms with Gasteiger partial charge in [-0.05, 0) is 42.8 Å². The first-order chi connectivity index (χ1) is 11.6. The monoisotopic (exact) mass is 347 g/mol. The van der Waals surface area contributed by atoms with Crippen LogP contribution in [0.2, 0.25) is 5.02 Å². The van der Waals surface area contributed by atoms with Gasteiger partial charge in [-0.25, -0.2) is 0 Å². The van der Waals surface area contributed by atoms with Crippen LogP contribution in [-0.4, -0.2) is 31.8 Å². The van der Waals surface area contributed by atoms with E-state index in [2.05, 4.69) is 5.32 Å². The summed E-state index contributed by atoms with van der Waals surface area (Å²) in [6.07, 6.45) is -0.221. The van der Waals surface area contributed by atoms with Gasteiger partial charge in [0.1, 0.15) is 18.5 Å². The van der Waals surface area contributed by atoms with Crippen molar-refractivity contribution in [1.82, 2.24) is 5.32 Å². The minimum Gasteiger partial charge on any atom is -0.486 e. The maximum atomic E-state index is 11.9. The van der Waals surface area contributed by atoms with Crippen molar-refractivity contribution in [1.29, 1.82) is 0 Å². The number of hydrogen-bond acceptors (Lipinski definition) is 4. The maximum Gasteiger partial charge on any atom is 0.258 e. The number of carbonyl (C=O) groups is 1. The van der Waals surface area contributed by atoms with Gasteiger partial charge in [-0.2, -0.15) is 0 Å². The molecule has 0 bridgehead atoms. The summed E-state index contributed by atoms with van der Waals surface area (Å²) in [5, 5.41) is 3.43. The normalized spacial score (nSPS) is 15.7. The lowest BCUT2D eigenvalue weighted by molar-refractivity contribution is -0.123. The molecule has 126 valence electrons. The lowest BCUT2D eigenvalue weighted by atomic mass is 10.2. The number of hydrogen-bond donors (Lipinski definition) is 1. The van der Waals surface area contributed by atoms with Crippen molar-refractivity contribution in [2.24, 2.45) is 0 Å². The number of benzene rings is 2. The lowest BCUT2D eigenvalue weighted by Crippen LogP contribution is -2.42. The average molecular weight is 348 g/mol. The fraction of sp³-hybridized carbons (Fsp3) is 0.278. The summed E-state index contributed by atoms with van der Waals surface area (Å²) in [6, 6.07) is 12.7. The third-order valence-electron chi connectivity index (χ3n) is 3.59. The maximum absolute atomic E-state index is 11.9. The first-order valence-electron chi connectivity index (χ1n) is 7.66. The molecular formula is C18H18ClNO4. The highest BCUT2D eigenvalue weighted by Crippen LogP contribution is 2.30. The van der Waals surface area contributed by atoms with Crippen molar-refractivity contribution in [3.63, 3.8) is 0 Å². The molecule has 0 spiro atoms. The number of amides is 1. The van der Waals surface area contributed by atoms with E-state index in [0.29, 0.717) is 29.7 Å². The Balaban J connectivity index is 1.45. The van der Waals surface area contributed by atoms with E-state index in [1.807, 2.05) is 31.2 Å². The summed E-state index contributed by atoms with van der Waals surface area (Å²) in [5.74, 6) is 1.84. The average Bonchev–Trinajstić information content (AvgIpc) is 2.59. The molecule has 0 saturated heterocycles. The molecule has 1 atom stereocenters. The van der Waals surface area contributed by atoms with Gasteiger partial charge in [0.05, 0.1) is 6.54 Å². The molecule has 0 saturated carbocycles. The first kappa shape index (κ1) is 16.5. The predicted molar refractivity (Wildman–Crippen MR) is 91.0 cm³/mol. The van der Waals surface area contributed by atoms with E-state index in [-0.39, 0.29) is 18.6 Å². The molecule has 0 radical (unpaired) electrons. The van der Waals surface area contributed by atoms with Crippen LogP contribution in [0.1, 0.15) is 5.56 Å². The Morgan fingerprint density at radius 1 is 1.29 bits per heavy atom. The standard InChI is InChI=1S/C18H18ClNO4/c1-12-8-13(19)6-7-15(12)23-11-18(21)20-9-14-10-22-16-4-2-3-5-17(16)24-14/h2-8,14H,9-11H2,1H3,(H,20,21)/t14-/m1/s1. The molecule has 2 aromatic carbocycles. The Morgan fingerprint density at radius 2 is 2.08 bits per heavy atom. The van der Waals surface area contributed by atoms with Crippen molar-refractivity contribution in [2.45, 2.75) is 13.0 Å². The van der Waals surface area contributed by atoms with Crippen molar-refractivity contribution < 1.29 is 19.0 Å². The zero-order chi connectivity index (χ0) is 16.9. The van der Waals surface area contributed by atoms with Gasteiger partial charge in [-0.1, -0.05) is 23.7 Å². The van der Waals surface area contributed by atoms with Crippen molar-refractivity contribution >= 4 is 17.5 Å². The van der Waals surface area contributed by atoms with E-state index in [1.54, 1.807) is 18.2 Å². The third-order valence-corrected chi connectivity index (χ3v) is 3.83. The number of rotatable bonds is 5. The van der Waals surface area contributed by atoms with Crippen LogP contribution >= 0.6 is 11.6 Å². The van der Waals surface area contributed by atoms with Gasteiger partial charge in [0.2, 0.25) is 0 Å². The summed E-state index contributed by atoms with van der Waals surface area (Å²) in [7, 11) is 0. The highest BCUT2D eigenvalue weighted by Gasteiger charge is 2.21. The first-order valence-corrected chi connectivity index (χ1v) is 8.04. The summed E-state index contributed by atoms with van der Waals surface area (Å²) in [4.78, 5) is 11.9. The molecule has 5 nitrogen and oxygen atoms in total. The Hall–Kier alpha value is -2.40. The van der Waals surface area contributed by atoms with Gasteiger partial charge in [0, 0.05) is 5.02 Å². The van der Waals surface area contributed by atoms with E-state index in [1.165, 1.54) is 0 Å². The van der Waals surface area contributed by atoms with Gasteiger partial charge in [0.15, 0.2) is 18.1 Å². The molecule has 1 aliphatic heterocycles. The minimum atomic E-state index is -0.221. The molecule has 0 fully saturated rings. The number of halogens is 1. The molecule has 1 heterocycles. The summed E-state index contributed by atoms with van der Waals surface area (Å²) in [6.45, 7) is 2.57. The van der Waals surface area contributed by atoms with Crippen LogP contribution < -0.4 is 19.5 Å². The van der Waals surface area contributed by atoms with Crippen molar-refractivity contribution in [3.05, 3.63) is 53.1 Å². The number of carbonyl (C=O) groups excluding carboxylic acids is 1. The molecule has 0 aromatic heterocycles. The smallest absolute Gasteiger partial charge is 0.258 e. The molecule has 1 N–H and O–H groups in total. The predicted octanol–water partition coefficient (Wildman–Crippen LogP) is 2.98.